The Morgan fingerprint density at radius 2 is 1.36 bits per heavy atom. The average molecular weight is 584 g/mol. The second kappa shape index (κ2) is 11.1. The molecule has 0 saturated carbocycles. The summed E-state index contributed by atoms with van der Waals surface area (Å²) in [7, 11) is -6.18. The second-order valence-corrected chi connectivity index (χ2v) is 12.9. The predicted molar refractivity (Wildman–Crippen MR) is 155 cm³/mol. The molecule has 0 spiro atoms. The molecular weight excluding hydrogens is 558 g/mol. The Morgan fingerprint density at radius 3 is 1.97 bits per heavy atom. The fourth-order valence-corrected chi connectivity index (χ4v) is 6.17. The average Bonchev–Trinajstić information content (AvgIpc) is 2.91. The first-order valence-corrected chi connectivity index (χ1v) is 15.0. The lowest BCUT2D eigenvalue weighted by Crippen LogP contribution is -2.26. The van der Waals surface area contributed by atoms with Gasteiger partial charge in [-0.2, -0.15) is 0 Å². The van der Waals surface area contributed by atoms with E-state index in [-0.39, 0.29) is 9.79 Å². The summed E-state index contributed by atoms with van der Waals surface area (Å²) in [5.74, 6) is -0.436. The molecule has 0 unspecified atom stereocenters. The number of hydrogen-bond donors (Lipinski definition) is 2. The Hall–Kier alpha value is -3.86. The first-order valence-electron chi connectivity index (χ1n) is 11.7. The van der Waals surface area contributed by atoms with Crippen LogP contribution in [-0.4, -0.2) is 29.8 Å². The van der Waals surface area contributed by atoms with E-state index in [4.69, 9.17) is 11.6 Å². The van der Waals surface area contributed by atoms with E-state index < -0.39 is 26.0 Å². The van der Waals surface area contributed by atoms with Gasteiger partial charge in [0.1, 0.15) is 0 Å². The van der Waals surface area contributed by atoms with Gasteiger partial charge in [0, 0.05) is 23.3 Å². The van der Waals surface area contributed by atoms with Crippen molar-refractivity contribution in [3.05, 3.63) is 113 Å². The lowest BCUT2D eigenvalue weighted by atomic mass is 10.2. The van der Waals surface area contributed by atoms with E-state index in [9.17, 15) is 21.6 Å². The lowest BCUT2D eigenvalue weighted by molar-refractivity contribution is 0.102. The highest BCUT2D eigenvalue weighted by Crippen LogP contribution is 2.26. The van der Waals surface area contributed by atoms with Gasteiger partial charge >= 0.3 is 0 Å². The number of aryl methyl sites for hydroxylation is 1. The zero-order valence-electron chi connectivity index (χ0n) is 21.3. The van der Waals surface area contributed by atoms with Gasteiger partial charge in [0.05, 0.1) is 21.2 Å². The molecule has 0 fully saturated rings. The molecule has 0 aliphatic carbocycles. The van der Waals surface area contributed by atoms with Gasteiger partial charge < -0.3 is 5.32 Å². The molecule has 4 aromatic rings. The molecular formula is C28H26ClN3O5S2. The van der Waals surface area contributed by atoms with Gasteiger partial charge in [0.25, 0.3) is 26.0 Å². The molecule has 0 aliphatic heterocycles. The monoisotopic (exact) mass is 583 g/mol. The molecule has 4 rings (SSSR count). The van der Waals surface area contributed by atoms with E-state index in [0.717, 1.165) is 9.87 Å². The maximum Gasteiger partial charge on any atom is 0.264 e. The third-order valence-corrected chi connectivity index (χ3v) is 9.70. The minimum atomic E-state index is -3.87. The van der Waals surface area contributed by atoms with Gasteiger partial charge in [0.15, 0.2) is 0 Å². The number of anilines is 3. The number of carbonyl (C=O) groups is 1. The number of sulfonamides is 2. The Kier molecular flexibility index (Phi) is 8.01. The van der Waals surface area contributed by atoms with Crippen molar-refractivity contribution in [1.82, 2.24) is 0 Å². The van der Waals surface area contributed by atoms with Crippen LogP contribution < -0.4 is 14.3 Å². The molecule has 11 heteroatoms. The van der Waals surface area contributed by atoms with Crippen molar-refractivity contribution < 1.29 is 21.6 Å². The van der Waals surface area contributed by atoms with E-state index >= 15 is 0 Å². The third-order valence-electron chi connectivity index (χ3n) is 6.11. The van der Waals surface area contributed by atoms with Gasteiger partial charge in [-0.3, -0.25) is 13.8 Å². The van der Waals surface area contributed by atoms with Crippen LogP contribution in [0.3, 0.4) is 0 Å². The highest BCUT2D eigenvalue weighted by Gasteiger charge is 2.21. The van der Waals surface area contributed by atoms with Crippen molar-refractivity contribution in [1.29, 1.82) is 0 Å². The van der Waals surface area contributed by atoms with Crippen LogP contribution in [0.5, 0.6) is 0 Å². The number of nitrogens with zero attached hydrogens (tertiary/aromatic N) is 1. The van der Waals surface area contributed by atoms with Crippen molar-refractivity contribution in [2.75, 3.05) is 21.4 Å². The fourth-order valence-electron chi connectivity index (χ4n) is 3.67. The number of hydrogen-bond acceptors (Lipinski definition) is 5. The zero-order chi connectivity index (χ0) is 28.4. The maximum absolute atomic E-state index is 12.9. The summed E-state index contributed by atoms with van der Waals surface area (Å²) in [6.45, 7) is 3.59. The predicted octanol–water partition coefficient (Wildman–Crippen LogP) is 5.84. The number of nitrogens with one attached hydrogen (secondary N) is 2. The Balaban J connectivity index is 1.43. The van der Waals surface area contributed by atoms with Crippen molar-refractivity contribution >= 4 is 54.6 Å². The van der Waals surface area contributed by atoms with Gasteiger partial charge in [-0.1, -0.05) is 35.4 Å². The number of carbonyl (C=O) groups excluding carboxylic acids is 1. The van der Waals surface area contributed by atoms with Crippen LogP contribution in [0.1, 0.15) is 21.5 Å². The quantitative estimate of drug-likeness (QED) is 0.271. The second-order valence-electron chi connectivity index (χ2n) is 8.83. The lowest BCUT2D eigenvalue weighted by Gasteiger charge is -2.20. The number of halogens is 1. The van der Waals surface area contributed by atoms with E-state index in [1.807, 2.05) is 6.92 Å². The van der Waals surface area contributed by atoms with E-state index in [1.54, 1.807) is 61.5 Å². The van der Waals surface area contributed by atoms with Gasteiger partial charge in [-0.05, 0) is 92.2 Å². The molecule has 39 heavy (non-hydrogen) atoms. The topological polar surface area (TPSA) is 113 Å². The van der Waals surface area contributed by atoms with Crippen LogP contribution in [0, 0.1) is 13.8 Å². The summed E-state index contributed by atoms with van der Waals surface area (Å²) >= 11 is 6.08. The summed E-state index contributed by atoms with van der Waals surface area (Å²) in [6, 6.07) is 23.3. The Bertz CT molecular complexity index is 1720. The molecule has 0 bridgehead atoms. The summed E-state index contributed by atoms with van der Waals surface area (Å²) < 4.78 is 55.1. The van der Waals surface area contributed by atoms with Crippen molar-refractivity contribution in [2.24, 2.45) is 0 Å². The van der Waals surface area contributed by atoms with Gasteiger partial charge in [-0.15, -0.1) is 0 Å². The fraction of sp³-hybridized carbons (Fsp3) is 0.107. The standard InChI is InChI=1S/C28H26ClN3O5S2/c1-19-7-15-25(16-8-19)39(36,37)32(3)23-13-9-21(10-14-23)28(33)30-22-11-17-24(18-12-22)38(34,35)31-27-6-4-5-26(29)20(27)2/h4-18,31H,1-3H3,(H,30,33). The van der Waals surface area contributed by atoms with Gasteiger partial charge in [0.2, 0.25) is 0 Å². The minimum Gasteiger partial charge on any atom is -0.322 e. The maximum atomic E-state index is 12.9. The van der Waals surface area contributed by atoms with Crippen molar-refractivity contribution in [2.45, 2.75) is 23.6 Å². The van der Waals surface area contributed by atoms with E-state index in [0.29, 0.717) is 33.2 Å². The normalized spacial score (nSPS) is 11.6. The van der Waals surface area contributed by atoms with E-state index in [1.165, 1.54) is 43.4 Å². The molecule has 0 atom stereocenters. The molecule has 202 valence electrons. The summed E-state index contributed by atoms with van der Waals surface area (Å²) in [4.78, 5) is 12.9. The first-order chi connectivity index (χ1) is 18.4. The number of rotatable bonds is 8. The molecule has 4 aromatic carbocycles. The molecule has 0 aromatic heterocycles. The van der Waals surface area contributed by atoms with Crippen LogP contribution >= 0.6 is 11.6 Å². The molecule has 0 saturated heterocycles. The minimum absolute atomic E-state index is 0.0158. The third kappa shape index (κ3) is 6.25. The van der Waals surface area contributed by atoms with Crippen molar-refractivity contribution in [3.8, 4) is 0 Å². The highest BCUT2D eigenvalue weighted by molar-refractivity contribution is 7.93. The number of amides is 1. The first kappa shape index (κ1) is 28.2. The van der Waals surface area contributed by atoms with Crippen LogP contribution in [-0.2, 0) is 20.0 Å². The highest BCUT2D eigenvalue weighted by atomic mass is 35.5. The molecule has 2 N–H and O–H groups in total. The Labute approximate surface area is 233 Å². The van der Waals surface area contributed by atoms with Gasteiger partial charge in [-0.25, -0.2) is 16.8 Å². The Morgan fingerprint density at radius 1 is 0.769 bits per heavy atom. The molecule has 8 nitrogen and oxygen atoms in total. The van der Waals surface area contributed by atoms with Crippen LogP contribution in [0.2, 0.25) is 5.02 Å². The summed E-state index contributed by atoms with van der Waals surface area (Å²) in [5.41, 5.74) is 3.02. The molecule has 1 amide bonds. The van der Waals surface area contributed by atoms with Crippen LogP contribution in [0.15, 0.2) is 101 Å². The smallest absolute Gasteiger partial charge is 0.264 e. The van der Waals surface area contributed by atoms with Crippen LogP contribution in [0.25, 0.3) is 0 Å². The number of benzene rings is 4. The SMILES string of the molecule is Cc1ccc(S(=O)(=O)N(C)c2ccc(C(=O)Nc3ccc(S(=O)(=O)Nc4cccc(Cl)c4C)cc3)cc2)cc1. The summed E-state index contributed by atoms with van der Waals surface area (Å²) in [6.07, 6.45) is 0. The van der Waals surface area contributed by atoms with Crippen LogP contribution in [0.4, 0.5) is 17.1 Å². The molecule has 0 radical (unpaired) electrons. The molecule has 0 heterocycles. The van der Waals surface area contributed by atoms with Crippen molar-refractivity contribution in [3.63, 3.8) is 0 Å². The summed E-state index contributed by atoms with van der Waals surface area (Å²) in [5, 5.41) is 3.15. The van der Waals surface area contributed by atoms with E-state index in [2.05, 4.69) is 10.0 Å². The largest absolute Gasteiger partial charge is 0.322 e. The zero-order valence-corrected chi connectivity index (χ0v) is 23.7. The molecule has 0 aliphatic rings.